The van der Waals surface area contributed by atoms with Crippen LogP contribution in [0.2, 0.25) is 0 Å². The monoisotopic (exact) mass is 278 g/mol. The zero-order valence-corrected chi connectivity index (χ0v) is 12.1. The number of hydrogen-bond donors (Lipinski definition) is 1. The zero-order valence-electron chi connectivity index (χ0n) is 12.1. The Labute approximate surface area is 119 Å². The van der Waals surface area contributed by atoms with Gasteiger partial charge in [0, 0.05) is 18.8 Å². The van der Waals surface area contributed by atoms with Crippen molar-refractivity contribution in [3.05, 3.63) is 18.1 Å². The molecule has 1 aromatic rings. The lowest BCUT2D eigenvalue weighted by molar-refractivity contribution is 0.0586. The van der Waals surface area contributed by atoms with Crippen LogP contribution in [0.15, 0.2) is 12.3 Å². The van der Waals surface area contributed by atoms with Crippen molar-refractivity contribution < 1.29 is 9.53 Å². The number of aromatic nitrogens is 2. The largest absolute Gasteiger partial charge is 0.463 e. The highest BCUT2D eigenvalue weighted by Crippen LogP contribution is 2.31. The Bertz CT molecular complexity index is 466. The number of anilines is 1. The van der Waals surface area contributed by atoms with E-state index in [1.807, 2.05) is 6.07 Å². The van der Waals surface area contributed by atoms with Crippen molar-refractivity contribution >= 4 is 11.8 Å². The van der Waals surface area contributed by atoms with E-state index in [2.05, 4.69) is 26.5 Å². The second-order valence-corrected chi connectivity index (χ2v) is 5.01. The molecule has 2 unspecified atom stereocenters. The molecule has 20 heavy (non-hydrogen) atoms. The topological polar surface area (TPSA) is 81.3 Å². The molecule has 0 saturated heterocycles. The lowest BCUT2D eigenvalue weighted by Crippen LogP contribution is -2.41. The van der Waals surface area contributed by atoms with Gasteiger partial charge >= 0.3 is 5.97 Å². The van der Waals surface area contributed by atoms with Crippen LogP contribution < -0.4 is 10.6 Å². The summed E-state index contributed by atoms with van der Waals surface area (Å²) in [6.07, 6.45) is 5.07. The van der Waals surface area contributed by atoms with Gasteiger partial charge < -0.3 is 15.4 Å². The van der Waals surface area contributed by atoms with Gasteiger partial charge in [-0.25, -0.2) is 14.8 Å². The predicted molar refractivity (Wildman–Crippen MR) is 76.6 cm³/mol. The maximum atomic E-state index is 11.5. The van der Waals surface area contributed by atoms with Crippen molar-refractivity contribution in [3.63, 3.8) is 0 Å². The maximum Gasteiger partial charge on any atom is 0.376 e. The van der Waals surface area contributed by atoms with Gasteiger partial charge in [-0.2, -0.15) is 0 Å². The van der Waals surface area contributed by atoms with Gasteiger partial charge in [0.1, 0.15) is 5.82 Å². The summed E-state index contributed by atoms with van der Waals surface area (Å²) < 4.78 is 4.67. The molecule has 1 fully saturated rings. The third kappa shape index (κ3) is 2.90. The van der Waals surface area contributed by atoms with Gasteiger partial charge in [0.2, 0.25) is 5.82 Å². The molecule has 6 heteroatoms. The molecule has 110 valence electrons. The molecule has 0 aromatic carbocycles. The molecule has 1 aromatic heterocycles. The first-order chi connectivity index (χ1) is 9.71. The average molecular weight is 278 g/mol. The number of rotatable bonds is 5. The Balaban J connectivity index is 2.25. The van der Waals surface area contributed by atoms with Crippen LogP contribution in [0, 0.1) is 5.92 Å². The SMILES string of the molecule is CCN(c1ccnc(C(=O)OC)n1)C1CCCC1CN. The first-order valence-electron chi connectivity index (χ1n) is 7.09. The summed E-state index contributed by atoms with van der Waals surface area (Å²) in [6, 6.07) is 2.23. The standard InChI is InChI=1S/C14H22N4O2/c1-3-18(11-6-4-5-10(11)9-15)12-7-8-16-13(17-12)14(19)20-2/h7-8,10-11H,3-6,9,15H2,1-2H3. The Morgan fingerprint density at radius 2 is 2.35 bits per heavy atom. The molecule has 1 aliphatic rings. The van der Waals surface area contributed by atoms with E-state index in [1.165, 1.54) is 13.5 Å². The van der Waals surface area contributed by atoms with Crippen LogP contribution in [0.1, 0.15) is 36.8 Å². The van der Waals surface area contributed by atoms with Gasteiger partial charge in [-0.05, 0) is 38.3 Å². The number of carbonyl (C=O) groups is 1. The average Bonchev–Trinajstić information content (AvgIpc) is 2.96. The Kier molecular flexibility index (Phi) is 4.89. The molecule has 6 nitrogen and oxygen atoms in total. The van der Waals surface area contributed by atoms with Crippen LogP contribution in [0.5, 0.6) is 0 Å². The van der Waals surface area contributed by atoms with Crippen LogP contribution in [0.4, 0.5) is 5.82 Å². The molecule has 0 bridgehead atoms. The third-order valence-electron chi connectivity index (χ3n) is 3.97. The first-order valence-corrected chi connectivity index (χ1v) is 7.09. The summed E-state index contributed by atoms with van der Waals surface area (Å²) >= 11 is 0. The summed E-state index contributed by atoms with van der Waals surface area (Å²) in [5.41, 5.74) is 5.86. The summed E-state index contributed by atoms with van der Waals surface area (Å²) in [5.74, 6) is 0.857. The summed E-state index contributed by atoms with van der Waals surface area (Å²) in [7, 11) is 1.33. The number of nitrogens with two attached hydrogens (primary N) is 1. The number of carbonyl (C=O) groups excluding carboxylic acids is 1. The highest BCUT2D eigenvalue weighted by atomic mass is 16.5. The van der Waals surface area contributed by atoms with E-state index in [0.717, 1.165) is 25.2 Å². The van der Waals surface area contributed by atoms with E-state index in [0.29, 0.717) is 18.5 Å². The molecule has 2 rings (SSSR count). The minimum absolute atomic E-state index is 0.103. The van der Waals surface area contributed by atoms with E-state index < -0.39 is 5.97 Å². The molecular weight excluding hydrogens is 256 g/mol. The van der Waals surface area contributed by atoms with Crippen LogP contribution in [0.25, 0.3) is 0 Å². The number of hydrogen-bond acceptors (Lipinski definition) is 6. The van der Waals surface area contributed by atoms with Crippen molar-refractivity contribution in [1.29, 1.82) is 0 Å². The van der Waals surface area contributed by atoms with E-state index in [-0.39, 0.29) is 5.82 Å². The minimum atomic E-state index is -0.510. The molecule has 1 aliphatic carbocycles. The molecular formula is C14H22N4O2. The van der Waals surface area contributed by atoms with Crippen molar-refractivity contribution in [3.8, 4) is 0 Å². The van der Waals surface area contributed by atoms with Crippen LogP contribution in [0.3, 0.4) is 0 Å². The zero-order chi connectivity index (χ0) is 14.5. The van der Waals surface area contributed by atoms with Crippen LogP contribution >= 0.6 is 0 Å². The number of methoxy groups -OCH3 is 1. The van der Waals surface area contributed by atoms with E-state index in [9.17, 15) is 4.79 Å². The molecule has 0 aliphatic heterocycles. The van der Waals surface area contributed by atoms with Gasteiger partial charge in [0.05, 0.1) is 7.11 Å². The van der Waals surface area contributed by atoms with Crippen LogP contribution in [-0.2, 0) is 4.74 Å². The normalized spacial score (nSPS) is 21.8. The fraction of sp³-hybridized carbons (Fsp3) is 0.643. The third-order valence-corrected chi connectivity index (χ3v) is 3.97. The quantitative estimate of drug-likeness (QED) is 0.815. The second kappa shape index (κ2) is 6.65. The van der Waals surface area contributed by atoms with Gasteiger partial charge in [-0.3, -0.25) is 0 Å². The fourth-order valence-corrected chi connectivity index (χ4v) is 2.97. The molecule has 0 radical (unpaired) electrons. The van der Waals surface area contributed by atoms with E-state index in [4.69, 9.17) is 5.73 Å². The Morgan fingerprint density at radius 1 is 1.55 bits per heavy atom. The fourth-order valence-electron chi connectivity index (χ4n) is 2.97. The second-order valence-electron chi connectivity index (χ2n) is 5.01. The first kappa shape index (κ1) is 14.7. The smallest absolute Gasteiger partial charge is 0.376 e. The predicted octanol–water partition coefficient (Wildman–Crippen LogP) is 1.22. The van der Waals surface area contributed by atoms with Gasteiger partial charge in [-0.1, -0.05) is 6.42 Å². The summed E-state index contributed by atoms with van der Waals surface area (Å²) in [5, 5.41) is 0. The molecule has 2 N–H and O–H groups in total. The molecule has 2 atom stereocenters. The molecule has 1 saturated carbocycles. The lowest BCUT2D eigenvalue weighted by Gasteiger charge is -2.32. The molecule has 0 amide bonds. The Hall–Kier alpha value is -1.69. The number of nitrogens with zero attached hydrogens (tertiary/aromatic N) is 3. The number of esters is 1. The van der Waals surface area contributed by atoms with E-state index in [1.54, 1.807) is 6.20 Å². The molecule has 0 spiro atoms. The molecule has 1 heterocycles. The van der Waals surface area contributed by atoms with Crippen LogP contribution in [-0.4, -0.2) is 42.2 Å². The maximum absolute atomic E-state index is 11.5. The summed E-state index contributed by atoms with van der Waals surface area (Å²) in [4.78, 5) is 22.0. The van der Waals surface area contributed by atoms with Crippen molar-refractivity contribution in [2.24, 2.45) is 11.7 Å². The van der Waals surface area contributed by atoms with Crippen molar-refractivity contribution in [1.82, 2.24) is 9.97 Å². The highest BCUT2D eigenvalue weighted by molar-refractivity contribution is 5.85. The lowest BCUT2D eigenvalue weighted by atomic mass is 10.0. The Morgan fingerprint density at radius 3 is 3.00 bits per heavy atom. The number of ether oxygens (including phenoxy) is 1. The van der Waals surface area contributed by atoms with Gasteiger partial charge in [0.25, 0.3) is 0 Å². The van der Waals surface area contributed by atoms with Gasteiger partial charge in [-0.15, -0.1) is 0 Å². The van der Waals surface area contributed by atoms with E-state index >= 15 is 0 Å². The van der Waals surface area contributed by atoms with Crippen molar-refractivity contribution in [2.45, 2.75) is 32.2 Å². The minimum Gasteiger partial charge on any atom is -0.463 e. The van der Waals surface area contributed by atoms with Crippen molar-refractivity contribution in [2.75, 3.05) is 25.1 Å². The van der Waals surface area contributed by atoms with Gasteiger partial charge in [0.15, 0.2) is 0 Å². The highest BCUT2D eigenvalue weighted by Gasteiger charge is 2.31. The summed E-state index contributed by atoms with van der Waals surface area (Å²) in [6.45, 7) is 3.61.